The van der Waals surface area contributed by atoms with Gasteiger partial charge in [0, 0.05) is 50.2 Å². The van der Waals surface area contributed by atoms with Crippen molar-refractivity contribution in [1.29, 1.82) is 0 Å². The number of aromatic nitrogens is 2. The molecule has 8 nitrogen and oxygen atoms in total. The summed E-state index contributed by atoms with van der Waals surface area (Å²) >= 11 is 6.78. The van der Waals surface area contributed by atoms with Gasteiger partial charge in [-0.15, -0.1) is 0 Å². The van der Waals surface area contributed by atoms with Gasteiger partial charge in [0.15, 0.2) is 0 Å². The first-order valence-corrected chi connectivity index (χ1v) is 11.9. The van der Waals surface area contributed by atoms with Crippen LogP contribution in [0.15, 0.2) is 28.9 Å². The Morgan fingerprint density at radius 1 is 1.12 bits per heavy atom. The number of nitrogens with zero attached hydrogens (tertiary/aromatic N) is 3. The van der Waals surface area contributed by atoms with E-state index in [1.54, 1.807) is 6.26 Å². The monoisotopic (exact) mass is 473 g/mol. The molecule has 0 unspecified atom stereocenters. The van der Waals surface area contributed by atoms with Crippen LogP contribution in [0, 0.1) is 0 Å². The molecule has 1 fully saturated rings. The van der Waals surface area contributed by atoms with E-state index in [1.807, 2.05) is 45.9 Å². The lowest BCUT2D eigenvalue weighted by atomic mass is 10.1. The van der Waals surface area contributed by atoms with Crippen molar-refractivity contribution in [3.05, 3.63) is 29.5 Å². The van der Waals surface area contributed by atoms with E-state index in [0.29, 0.717) is 46.0 Å². The molecular formula is C24H32ClN5O3. The van der Waals surface area contributed by atoms with E-state index in [9.17, 15) is 0 Å². The molecule has 2 aromatic heterocycles. The van der Waals surface area contributed by atoms with Gasteiger partial charge in [-0.3, -0.25) is 4.90 Å². The van der Waals surface area contributed by atoms with E-state index >= 15 is 0 Å². The number of oxazole rings is 1. The van der Waals surface area contributed by atoms with Crippen molar-refractivity contribution in [1.82, 2.24) is 20.2 Å². The molecule has 1 aliphatic heterocycles. The number of ether oxygens (including phenoxy) is 2. The van der Waals surface area contributed by atoms with Gasteiger partial charge in [-0.1, -0.05) is 11.6 Å². The van der Waals surface area contributed by atoms with Gasteiger partial charge < -0.3 is 24.5 Å². The Bertz CT molecular complexity index is 1080. The van der Waals surface area contributed by atoms with E-state index in [2.05, 4.69) is 20.5 Å². The summed E-state index contributed by atoms with van der Waals surface area (Å²) in [6.45, 7) is 13.5. The number of piperazine rings is 1. The van der Waals surface area contributed by atoms with Gasteiger partial charge in [-0.2, -0.15) is 4.98 Å². The molecule has 0 atom stereocenters. The number of halogens is 1. The minimum absolute atomic E-state index is 0.00679. The normalized spacial score (nSPS) is 14.9. The molecule has 178 valence electrons. The zero-order valence-corrected chi connectivity index (χ0v) is 20.4. The van der Waals surface area contributed by atoms with E-state index in [0.717, 1.165) is 38.1 Å². The number of fused-ring (bicyclic) bond motifs is 1. The zero-order chi connectivity index (χ0) is 23.4. The van der Waals surface area contributed by atoms with Gasteiger partial charge in [-0.25, -0.2) is 4.98 Å². The van der Waals surface area contributed by atoms with Crippen molar-refractivity contribution in [2.75, 3.05) is 44.6 Å². The Hall–Kier alpha value is -2.55. The molecule has 0 amide bonds. The SMILES string of the molecule is CC(C)Nc1nc(-c2cc(OC(C)C)c3ccc(OCCN4CCNCC4)c(Cl)c3n2)co1. The Kier molecular flexibility index (Phi) is 7.57. The largest absolute Gasteiger partial charge is 0.491 e. The average molecular weight is 474 g/mol. The van der Waals surface area contributed by atoms with Gasteiger partial charge in [0.25, 0.3) is 6.01 Å². The van der Waals surface area contributed by atoms with Gasteiger partial charge in [0.2, 0.25) is 0 Å². The van der Waals surface area contributed by atoms with Crippen molar-refractivity contribution in [2.24, 2.45) is 0 Å². The Balaban J connectivity index is 1.63. The summed E-state index contributed by atoms with van der Waals surface area (Å²) < 4.78 is 17.7. The molecule has 1 saturated heterocycles. The summed E-state index contributed by atoms with van der Waals surface area (Å²) in [7, 11) is 0. The van der Waals surface area contributed by atoms with Gasteiger partial charge >= 0.3 is 0 Å². The van der Waals surface area contributed by atoms with Gasteiger partial charge in [0.1, 0.15) is 35.1 Å². The average Bonchev–Trinajstić information content (AvgIpc) is 3.23. The minimum atomic E-state index is -0.00679. The van der Waals surface area contributed by atoms with Crippen molar-refractivity contribution in [2.45, 2.75) is 39.8 Å². The molecule has 0 aliphatic carbocycles. The molecule has 4 rings (SSSR count). The molecular weight excluding hydrogens is 442 g/mol. The van der Waals surface area contributed by atoms with Crippen molar-refractivity contribution >= 4 is 28.5 Å². The number of pyridine rings is 1. The lowest BCUT2D eigenvalue weighted by Gasteiger charge is -2.27. The van der Waals surface area contributed by atoms with Crippen LogP contribution < -0.4 is 20.1 Å². The summed E-state index contributed by atoms with van der Waals surface area (Å²) in [4.78, 5) is 11.7. The lowest BCUT2D eigenvalue weighted by molar-refractivity contribution is 0.191. The Morgan fingerprint density at radius 3 is 2.64 bits per heavy atom. The van der Waals surface area contributed by atoms with Crippen LogP contribution in [0.1, 0.15) is 27.7 Å². The molecule has 9 heteroatoms. The fraction of sp³-hybridized carbons (Fsp3) is 0.500. The molecule has 33 heavy (non-hydrogen) atoms. The third kappa shape index (κ3) is 5.88. The van der Waals surface area contributed by atoms with Gasteiger partial charge in [0.05, 0.1) is 17.3 Å². The van der Waals surface area contributed by atoms with Crippen LogP contribution in [-0.4, -0.2) is 66.3 Å². The van der Waals surface area contributed by atoms with Crippen molar-refractivity contribution < 1.29 is 13.9 Å². The number of hydrogen-bond donors (Lipinski definition) is 2. The summed E-state index contributed by atoms with van der Waals surface area (Å²) in [6, 6.07) is 6.36. The predicted molar refractivity (Wildman–Crippen MR) is 132 cm³/mol. The maximum atomic E-state index is 6.78. The van der Waals surface area contributed by atoms with Crippen molar-refractivity contribution in [3.63, 3.8) is 0 Å². The fourth-order valence-electron chi connectivity index (χ4n) is 3.73. The third-order valence-corrected chi connectivity index (χ3v) is 5.63. The van der Waals surface area contributed by atoms with E-state index in [1.165, 1.54) is 0 Å². The second-order valence-corrected chi connectivity index (χ2v) is 9.10. The van der Waals surface area contributed by atoms with Crippen LogP contribution in [0.2, 0.25) is 5.02 Å². The predicted octanol–water partition coefficient (Wildman–Crippen LogP) is 4.43. The molecule has 3 heterocycles. The molecule has 0 radical (unpaired) electrons. The second-order valence-electron chi connectivity index (χ2n) is 8.72. The molecule has 1 aromatic carbocycles. The highest BCUT2D eigenvalue weighted by Crippen LogP contribution is 2.38. The molecule has 0 spiro atoms. The highest BCUT2D eigenvalue weighted by molar-refractivity contribution is 6.36. The number of nitrogens with one attached hydrogen (secondary N) is 2. The minimum Gasteiger partial charge on any atom is -0.491 e. The fourth-order valence-corrected chi connectivity index (χ4v) is 3.99. The quantitative estimate of drug-likeness (QED) is 0.472. The highest BCUT2D eigenvalue weighted by atomic mass is 35.5. The van der Waals surface area contributed by atoms with E-state index < -0.39 is 0 Å². The molecule has 0 saturated carbocycles. The molecule has 0 bridgehead atoms. The first-order valence-electron chi connectivity index (χ1n) is 11.5. The smallest absolute Gasteiger partial charge is 0.295 e. The third-order valence-electron chi connectivity index (χ3n) is 5.26. The summed E-state index contributed by atoms with van der Waals surface area (Å²) in [5.74, 6) is 1.31. The van der Waals surface area contributed by atoms with Crippen molar-refractivity contribution in [3.8, 4) is 22.9 Å². The van der Waals surface area contributed by atoms with Crippen LogP contribution in [0.25, 0.3) is 22.3 Å². The maximum absolute atomic E-state index is 6.78. The van der Waals surface area contributed by atoms with Crippen LogP contribution in [-0.2, 0) is 0 Å². The summed E-state index contributed by atoms with van der Waals surface area (Å²) in [5, 5.41) is 7.81. The zero-order valence-electron chi connectivity index (χ0n) is 19.7. The Morgan fingerprint density at radius 2 is 1.91 bits per heavy atom. The van der Waals surface area contributed by atoms with Crippen LogP contribution >= 0.6 is 11.6 Å². The first kappa shape index (κ1) is 23.6. The second kappa shape index (κ2) is 10.6. The van der Waals surface area contributed by atoms with E-state index in [-0.39, 0.29) is 12.1 Å². The Labute approximate surface area is 199 Å². The van der Waals surface area contributed by atoms with Gasteiger partial charge in [-0.05, 0) is 39.8 Å². The standard InChI is InChI=1S/C24H32ClN5O3/c1-15(2)27-24-29-19(14-32-24)18-13-21(33-16(3)4)17-5-6-20(22(25)23(17)28-18)31-12-11-30-9-7-26-8-10-30/h5-6,13-16,26H,7-12H2,1-4H3,(H,27,29). The molecule has 3 aromatic rings. The summed E-state index contributed by atoms with van der Waals surface area (Å²) in [6.07, 6.45) is 1.58. The maximum Gasteiger partial charge on any atom is 0.295 e. The molecule has 2 N–H and O–H groups in total. The van der Waals surface area contributed by atoms with Crippen LogP contribution in [0.3, 0.4) is 0 Å². The molecule has 1 aliphatic rings. The van der Waals surface area contributed by atoms with E-state index in [4.69, 9.17) is 30.5 Å². The number of benzene rings is 1. The highest BCUT2D eigenvalue weighted by Gasteiger charge is 2.18. The summed E-state index contributed by atoms with van der Waals surface area (Å²) in [5.41, 5.74) is 1.85. The van der Waals surface area contributed by atoms with Crippen LogP contribution in [0.5, 0.6) is 11.5 Å². The topological polar surface area (TPSA) is 84.7 Å². The number of hydrogen-bond acceptors (Lipinski definition) is 8. The van der Waals surface area contributed by atoms with Crippen LogP contribution in [0.4, 0.5) is 6.01 Å². The number of rotatable bonds is 9. The lowest BCUT2D eigenvalue weighted by Crippen LogP contribution is -2.44. The number of anilines is 1. The first-order chi connectivity index (χ1) is 15.9.